The van der Waals surface area contributed by atoms with E-state index in [0.29, 0.717) is 38.4 Å². The van der Waals surface area contributed by atoms with Crippen molar-refractivity contribution in [3.63, 3.8) is 0 Å². The first-order valence-electron chi connectivity index (χ1n) is 8.65. The van der Waals surface area contributed by atoms with Gasteiger partial charge in [0.1, 0.15) is 11.6 Å². The molecule has 2 aromatic heterocycles. The summed E-state index contributed by atoms with van der Waals surface area (Å²) in [5, 5.41) is 15.6. The fourth-order valence-corrected chi connectivity index (χ4v) is 3.33. The number of likely N-dealkylation sites (tertiary alicyclic amines) is 1. The van der Waals surface area contributed by atoms with Crippen LogP contribution in [0.2, 0.25) is 0 Å². The van der Waals surface area contributed by atoms with Gasteiger partial charge in [-0.15, -0.1) is 5.10 Å². The summed E-state index contributed by atoms with van der Waals surface area (Å²) in [5.41, 5.74) is -0.0761. The second-order valence-corrected chi connectivity index (χ2v) is 6.36. The zero-order chi connectivity index (χ0) is 18.0. The Morgan fingerprint density at radius 1 is 1.28 bits per heavy atom. The number of aryl methyl sites for hydroxylation is 3. The Morgan fingerprint density at radius 2 is 2.00 bits per heavy atom. The van der Waals surface area contributed by atoms with Crippen LogP contribution >= 0.6 is 0 Å². The summed E-state index contributed by atoms with van der Waals surface area (Å²) < 4.78 is 4.76. The number of aromatic nitrogens is 7. The van der Waals surface area contributed by atoms with Crippen LogP contribution in [0.1, 0.15) is 43.8 Å². The summed E-state index contributed by atoms with van der Waals surface area (Å²) in [6.07, 6.45) is 2.04. The molecule has 3 rings (SSSR count). The van der Waals surface area contributed by atoms with Crippen molar-refractivity contribution in [2.75, 3.05) is 13.1 Å². The molecule has 1 fully saturated rings. The van der Waals surface area contributed by atoms with Crippen molar-refractivity contribution in [2.24, 2.45) is 7.05 Å². The zero-order valence-electron chi connectivity index (χ0n) is 14.9. The first kappa shape index (κ1) is 17.3. The lowest BCUT2D eigenvalue weighted by molar-refractivity contribution is -0.132. The van der Waals surface area contributed by atoms with Crippen molar-refractivity contribution >= 4 is 5.91 Å². The standard InChI is InChI=1S/C15H24N8O2/c1-4-22-14(17-20(3)15(22)25)12-5-8-21(9-6-12)13(24)7-10-23-11(2)16-18-19-23/h12H,4-10H2,1-3H3. The normalized spacial score (nSPS) is 15.7. The lowest BCUT2D eigenvalue weighted by Gasteiger charge is -2.31. The predicted molar refractivity (Wildman–Crippen MR) is 88.9 cm³/mol. The first-order valence-corrected chi connectivity index (χ1v) is 8.65. The smallest absolute Gasteiger partial charge is 0.343 e. The number of carbonyl (C=O) groups is 1. The van der Waals surface area contributed by atoms with Gasteiger partial charge in [-0.25, -0.2) is 14.2 Å². The topological polar surface area (TPSA) is 104 Å². The molecule has 10 nitrogen and oxygen atoms in total. The van der Waals surface area contributed by atoms with Gasteiger partial charge < -0.3 is 4.90 Å². The van der Waals surface area contributed by atoms with E-state index >= 15 is 0 Å². The Balaban J connectivity index is 1.56. The SMILES string of the molecule is CCn1c(C2CCN(C(=O)CCn3nnnc3C)CC2)nn(C)c1=O. The third-order valence-electron chi connectivity index (χ3n) is 4.81. The molecule has 0 aliphatic carbocycles. The zero-order valence-corrected chi connectivity index (χ0v) is 14.9. The van der Waals surface area contributed by atoms with E-state index in [-0.39, 0.29) is 17.5 Å². The molecule has 1 saturated heterocycles. The highest BCUT2D eigenvalue weighted by Crippen LogP contribution is 2.26. The number of carbonyl (C=O) groups excluding carboxylic acids is 1. The fourth-order valence-electron chi connectivity index (χ4n) is 3.33. The molecule has 0 N–H and O–H groups in total. The summed E-state index contributed by atoms with van der Waals surface area (Å²) in [5.74, 6) is 1.88. The molecule has 0 atom stereocenters. The van der Waals surface area contributed by atoms with Gasteiger partial charge in [-0.05, 0) is 37.1 Å². The van der Waals surface area contributed by atoms with E-state index in [1.54, 1.807) is 16.3 Å². The summed E-state index contributed by atoms with van der Waals surface area (Å²) in [6, 6.07) is 0. The quantitative estimate of drug-likeness (QED) is 0.734. The van der Waals surface area contributed by atoms with Crippen molar-refractivity contribution in [1.29, 1.82) is 0 Å². The molecule has 10 heteroatoms. The van der Waals surface area contributed by atoms with Crippen molar-refractivity contribution in [1.82, 2.24) is 39.5 Å². The Bertz CT molecular complexity index is 797. The molecule has 0 radical (unpaired) electrons. The highest BCUT2D eigenvalue weighted by Gasteiger charge is 2.27. The highest BCUT2D eigenvalue weighted by molar-refractivity contribution is 5.76. The van der Waals surface area contributed by atoms with E-state index in [1.807, 2.05) is 18.7 Å². The van der Waals surface area contributed by atoms with E-state index in [9.17, 15) is 9.59 Å². The number of rotatable bonds is 5. The molecule has 0 spiro atoms. The average molecular weight is 348 g/mol. The maximum absolute atomic E-state index is 12.4. The minimum Gasteiger partial charge on any atom is -0.343 e. The van der Waals surface area contributed by atoms with Crippen LogP contribution in [-0.2, 0) is 24.9 Å². The van der Waals surface area contributed by atoms with Crippen molar-refractivity contribution in [3.8, 4) is 0 Å². The monoisotopic (exact) mass is 348 g/mol. The number of hydrogen-bond acceptors (Lipinski definition) is 6. The Hall–Kier alpha value is -2.52. The second kappa shape index (κ2) is 7.16. The van der Waals surface area contributed by atoms with Gasteiger partial charge >= 0.3 is 5.69 Å². The number of amides is 1. The van der Waals surface area contributed by atoms with Crippen LogP contribution in [0.25, 0.3) is 0 Å². The molecule has 3 heterocycles. The summed E-state index contributed by atoms with van der Waals surface area (Å²) in [6.45, 7) is 6.25. The maximum atomic E-state index is 12.4. The number of piperidine rings is 1. The van der Waals surface area contributed by atoms with Crippen molar-refractivity contribution in [3.05, 3.63) is 22.1 Å². The molecular weight excluding hydrogens is 324 g/mol. The lowest BCUT2D eigenvalue weighted by atomic mass is 9.95. The molecule has 2 aromatic rings. The second-order valence-electron chi connectivity index (χ2n) is 6.36. The summed E-state index contributed by atoms with van der Waals surface area (Å²) in [4.78, 5) is 26.3. The van der Waals surface area contributed by atoms with Crippen LogP contribution in [-0.4, -0.2) is 58.5 Å². The molecule has 136 valence electrons. The van der Waals surface area contributed by atoms with Gasteiger partial charge in [0.15, 0.2) is 0 Å². The number of hydrogen-bond donors (Lipinski definition) is 0. The third-order valence-corrected chi connectivity index (χ3v) is 4.81. The lowest BCUT2D eigenvalue weighted by Crippen LogP contribution is -2.39. The van der Waals surface area contributed by atoms with Crippen LogP contribution in [0.15, 0.2) is 4.79 Å². The van der Waals surface area contributed by atoms with Gasteiger partial charge in [0.2, 0.25) is 5.91 Å². The number of tetrazole rings is 1. The van der Waals surface area contributed by atoms with Gasteiger partial charge in [-0.3, -0.25) is 9.36 Å². The van der Waals surface area contributed by atoms with Gasteiger partial charge in [0.25, 0.3) is 0 Å². The molecule has 0 bridgehead atoms. The Labute approximate surface area is 145 Å². The van der Waals surface area contributed by atoms with Gasteiger partial charge in [0.05, 0.1) is 6.54 Å². The fraction of sp³-hybridized carbons (Fsp3) is 0.733. The minimum absolute atomic E-state index is 0.0761. The maximum Gasteiger partial charge on any atom is 0.345 e. The van der Waals surface area contributed by atoms with E-state index < -0.39 is 0 Å². The Morgan fingerprint density at radius 3 is 2.60 bits per heavy atom. The van der Waals surface area contributed by atoms with Crippen LogP contribution in [0.4, 0.5) is 0 Å². The molecule has 0 saturated carbocycles. The molecule has 0 unspecified atom stereocenters. The van der Waals surface area contributed by atoms with Crippen LogP contribution < -0.4 is 5.69 Å². The van der Waals surface area contributed by atoms with Gasteiger partial charge in [-0.1, -0.05) is 0 Å². The summed E-state index contributed by atoms with van der Waals surface area (Å²) in [7, 11) is 1.68. The van der Waals surface area contributed by atoms with Crippen LogP contribution in [0, 0.1) is 6.92 Å². The molecule has 1 amide bonds. The first-order chi connectivity index (χ1) is 12.0. The van der Waals surface area contributed by atoms with Crippen molar-refractivity contribution in [2.45, 2.75) is 52.1 Å². The van der Waals surface area contributed by atoms with Crippen LogP contribution in [0.5, 0.6) is 0 Å². The molecule has 1 aliphatic heterocycles. The van der Waals surface area contributed by atoms with E-state index in [4.69, 9.17) is 0 Å². The number of nitrogens with zero attached hydrogens (tertiary/aromatic N) is 8. The minimum atomic E-state index is -0.0761. The van der Waals surface area contributed by atoms with Crippen molar-refractivity contribution < 1.29 is 4.79 Å². The third kappa shape index (κ3) is 3.47. The highest BCUT2D eigenvalue weighted by atomic mass is 16.2. The van der Waals surface area contributed by atoms with E-state index in [0.717, 1.165) is 18.7 Å². The molecule has 0 aromatic carbocycles. The van der Waals surface area contributed by atoms with E-state index in [1.165, 1.54) is 4.68 Å². The molecular formula is C15H24N8O2. The van der Waals surface area contributed by atoms with Gasteiger partial charge in [0, 0.05) is 39.0 Å². The molecule has 1 aliphatic rings. The Kier molecular flexibility index (Phi) is 4.95. The van der Waals surface area contributed by atoms with E-state index in [2.05, 4.69) is 20.6 Å². The van der Waals surface area contributed by atoms with Crippen LogP contribution in [0.3, 0.4) is 0 Å². The largest absolute Gasteiger partial charge is 0.345 e. The molecule has 25 heavy (non-hydrogen) atoms. The average Bonchev–Trinajstić information content (AvgIpc) is 3.16. The van der Waals surface area contributed by atoms with Gasteiger partial charge in [-0.2, -0.15) is 5.10 Å². The predicted octanol–water partition coefficient (Wildman–Crippen LogP) is -0.307. The summed E-state index contributed by atoms with van der Waals surface area (Å²) >= 11 is 0.